The fraction of sp³-hybridized carbons (Fsp3) is 0.500. The van der Waals surface area contributed by atoms with E-state index in [1.54, 1.807) is 0 Å². The van der Waals surface area contributed by atoms with Gasteiger partial charge in [0.05, 0.1) is 6.54 Å². The molecule has 0 radical (unpaired) electrons. The molecule has 2 heteroatoms. The maximum absolute atomic E-state index is 5.45. The summed E-state index contributed by atoms with van der Waals surface area (Å²) >= 11 is 0. The van der Waals surface area contributed by atoms with Crippen LogP contribution in [0.25, 0.3) is 0 Å². The highest BCUT2D eigenvalue weighted by molar-refractivity contribution is 5.41. The molecule has 2 nitrogen and oxygen atoms in total. The van der Waals surface area contributed by atoms with E-state index in [-0.39, 0.29) is 0 Å². The van der Waals surface area contributed by atoms with Gasteiger partial charge in [-0.3, -0.25) is 4.90 Å². The van der Waals surface area contributed by atoms with E-state index in [9.17, 15) is 0 Å². The van der Waals surface area contributed by atoms with Crippen molar-refractivity contribution in [3.63, 3.8) is 0 Å². The van der Waals surface area contributed by atoms with Crippen LogP contribution >= 0.6 is 0 Å². The number of benzene rings is 1. The van der Waals surface area contributed by atoms with Crippen molar-refractivity contribution in [1.29, 1.82) is 0 Å². The van der Waals surface area contributed by atoms with Crippen molar-refractivity contribution in [3.8, 4) is 11.8 Å². The Bertz CT molecular complexity index is 442. The average molecular weight is 242 g/mol. The van der Waals surface area contributed by atoms with Crippen LogP contribution in [0.5, 0.6) is 0 Å². The third-order valence-corrected chi connectivity index (χ3v) is 3.69. The van der Waals surface area contributed by atoms with Gasteiger partial charge in [0.25, 0.3) is 0 Å². The van der Waals surface area contributed by atoms with Crippen LogP contribution in [-0.4, -0.2) is 24.0 Å². The number of nitrogens with zero attached hydrogens (tertiary/aromatic N) is 1. The molecule has 1 unspecified atom stereocenters. The van der Waals surface area contributed by atoms with Crippen LogP contribution < -0.4 is 5.73 Å². The molecule has 0 bridgehead atoms. The molecule has 1 atom stereocenters. The van der Waals surface area contributed by atoms with Crippen LogP contribution in [0.15, 0.2) is 24.3 Å². The number of hydrogen-bond donors (Lipinski definition) is 1. The average Bonchev–Trinajstić information content (AvgIpc) is 2.85. The molecule has 1 saturated heterocycles. The molecule has 0 aliphatic carbocycles. The Morgan fingerprint density at radius 1 is 1.39 bits per heavy atom. The van der Waals surface area contributed by atoms with Gasteiger partial charge in [0, 0.05) is 18.2 Å². The normalized spacial score (nSPS) is 19.6. The number of nitrogens with two attached hydrogens (primary N) is 1. The molecule has 1 aliphatic rings. The second-order valence-electron chi connectivity index (χ2n) is 4.84. The van der Waals surface area contributed by atoms with Crippen molar-refractivity contribution in [3.05, 3.63) is 35.4 Å². The minimum atomic E-state index is 0.426. The Morgan fingerprint density at radius 2 is 2.22 bits per heavy atom. The molecule has 1 aliphatic heterocycles. The number of hydrogen-bond acceptors (Lipinski definition) is 2. The molecule has 1 aromatic rings. The Labute approximate surface area is 110 Å². The Kier molecular flexibility index (Phi) is 4.81. The van der Waals surface area contributed by atoms with Gasteiger partial charge in [0.1, 0.15) is 0 Å². The van der Waals surface area contributed by atoms with E-state index in [2.05, 4.69) is 41.9 Å². The highest BCUT2D eigenvalue weighted by atomic mass is 15.2. The maximum Gasteiger partial charge on any atom is 0.0555 e. The molecular formula is C16H22N2. The Balaban J connectivity index is 2.13. The predicted octanol–water partition coefficient (Wildman–Crippen LogP) is 2.37. The lowest BCUT2D eigenvalue weighted by molar-refractivity contribution is 0.240. The summed E-state index contributed by atoms with van der Waals surface area (Å²) in [5.74, 6) is 6.13. The summed E-state index contributed by atoms with van der Waals surface area (Å²) in [6.45, 7) is 4.95. The van der Waals surface area contributed by atoms with E-state index in [1.807, 2.05) is 6.07 Å². The van der Waals surface area contributed by atoms with E-state index in [4.69, 9.17) is 5.73 Å². The van der Waals surface area contributed by atoms with Crippen LogP contribution in [0, 0.1) is 11.8 Å². The van der Waals surface area contributed by atoms with Crippen LogP contribution in [0.2, 0.25) is 0 Å². The highest BCUT2D eigenvalue weighted by Gasteiger charge is 2.22. The zero-order chi connectivity index (χ0) is 12.8. The van der Waals surface area contributed by atoms with Gasteiger partial charge in [-0.2, -0.15) is 0 Å². The Morgan fingerprint density at radius 3 is 3.00 bits per heavy atom. The second kappa shape index (κ2) is 6.58. The molecule has 1 heterocycles. The molecule has 0 amide bonds. The maximum atomic E-state index is 5.45. The summed E-state index contributed by atoms with van der Waals surface area (Å²) < 4.78 is 0. The first-order valence-corrected chi connectivity index (χ1v) is 6.86. The first kappa shape index (κ1) is 13.1. The van der Waals surface area contributed by atoms with Gasteiger partial charge in [-0.25, -0.2) is 0 Å². The summed E-state index contributed by atoms with van der Waals surface area (Å²) in [5.41, 5.74) is 7.91. The van der Waals surface area contributed by atoms with Crippen molar-refractivity contribution in [1.82, 2.24) is 4.90 Å². The third-order valence-electron chi connectivity index (χ3n) is 3.69. The summed E-state index contributed by atoms with van der Waals surface area (Å²) in [5, 5.41) is 0. The van der Waals surface area contributed by atoms with Gasteiger partial charge in [0.15, 0.2) is 0 Å². The van der Waals surface area contributed by atoms with Gasteiger partial charge in [0.2, 0.25) is 0 Å². The summed E-state index contributed by atoms with van der Waals surface area (Å²) in [7, 11) is 0. The molecular weight excluding hydrogens is 220 g/mol. The Hall–Kier alpha value is -1.30. The monoisotopic (exact) mass is 242 g/mol. The molecule has 1 aromatic carbocycles. The van der Waals surface area contributed by atoms with Gasteiger partial charge in [-0.1, -0.05) is 37.0 Å². The first-order chi connectivity index (χ1) is 8.85. The van der Waals surface area contributed by atoms with Crippen LogP contribution in [0.1, 0.15) is 37.3 Å². The van der Waals surface area contributed by atoms with Crippen molar-refractivity contribution in [2.24, 2.45) is 5.73 Å². The van der Waals surface area contributed by atoms with E-state index < -0.39 is 0 Å². The minimum Gasteiger partial charge on any atom is -0.320 e. The lowest BCUT2D eigenvalue weighted by atomic mass is 10.1. The molecule has 0 saturated carbocycles. The number of likely N-dealkylation sites (tertiary alicyclic amines) is 1. The van der Waals surface area contributed by atoms with E-state index in [1.165, 1.54) is 31.4 Å². The molecule has 96 valence electrons. The first-order valence-electron chi connectivity index (χ1n) is 6.86. The van der Waals surface area contributed by atoms with Crippen molar-refractivity contribution >= 4 is 0 Å². The van der Waals surface area contributed by atoms with Gasteiger partial charge < -0.3 is 5.73 Å². The second-order valence-corrected chi connectivity index (χ2v) is 4.84. The van der Waals surface area contributed by atoms with Crippen LogP contribution in [0.4, 0.5) is 0 Å². The smallest absolute Gasteiger partial charge is 0.0555 e. The third kappa shape index (κ3) is 3.13. The number of rotatable bonds is 3. The zero-order valence-corrected chi connectivity index (χ0v) is 11.2. The summed E-state index contributed by atoms with van der Waals surface area (Å²) in [4.78, 5) is 2.59. The van der Waals surface area contributed by atoms with E-state index in [0.717, 1.165) is 18.2 Å². The van der Waals surface area contributed by atoms with E-state index in [0.29, 0.717) is 6.54 Å². The largest absolute Gasteiger partial charge is 0.320 e. The predicted molar refractivity (Wildman–Crippen MR) is 76.1 cm³/mol. The fourth-order valence-electron chi connectivity index (χ4n) is 2.71. The molecule has 18 heavy (non-hydrogen) atoms. The quantitative estimate of drug-likeness (QED) is 0.825. The molecule has 0 aromatic heterocycles. The van der Waals surface area contributed by atoms with Gasteiger partial charge in [-0.05, 0) is 37.4 Å². The standard InChI is InChI=1S/C16H22N2/c1-2-16-10-6-12-18(16)13-15-8-4-3-7-14(15)9-5-11-17/h3-4,7-8,16H,2,6,10-13,17H2,1H3. The highest BCUT2D eigenvalue weighted by Crippen LogP contribution is 2.23. The van der Waals surface area contributed by atoms with Crippen molar-refractivity contribution in [2.45, 2.75) is 38.8 Å². The zero-order valence-electron chi connectivity index (χ0n) is 11.2. The van der Waals surface area contributed by atoms with Crippen LogP contribution in [-0.2, 0) is 6.54 Å². The lowest BCUT2D eigenvalue weighted by Crippen LogP contribution is -2.28. The molecule has 0 spiro atoms. The molecule has 2 rings (SSSR count). The van der Waals surface area contributed by atoms with Crippen molar-refractivity contribution < 1.29 is 0 Å². The summed E-state index contributed by atoms with van der Waals surface area (Å²) in [6, 6.07) is 9.17. The topological polar surface area (TPSA) is 29.3 Å². The van der Waals surface area contributed by atoms with E-state index >= 15 is 0 Å². The molecule has 2 N–H and O–H groups in total. The fourth-order valence-corrected chi connectivity index (χ4v) is 2.71. The lowest BCUT2D eigenvalue weighted by Gasteiger charge is -2.23. The van der Waals surface area contributed by atoms with Gasteiger partial charge >= 0.3 is 0 Å². The van der Waals surface area contributed by atoms with Crippen LogP contribution in [0.3, 0.4) is 0 Å². The summed E-state index contributed by atoms with van der Waals surface area (Å²) in [6.07, 6.45) is 3.92. The SMILES string of the molecule is CCC1CCCN1Cc1ccccc1C#CCN. The minimum absolute atomic E-state index is 0.426. The van der Waals surface area contributed by atoms with Crippen molar-refractivity contribution in [2.75, 3.05) is 13.1 Å². The van der Waals surface area contributed by atoms with Gasteiger partial charge in [-0.15, -0.1) is 0 Å². The molecule has 1 fully saturated rings.